The highest BCUT2D eigenvalue weighted by molar-refractivity contribution is 6.31. The Labute approximate surface area is 220 Å². The van der Waals surface area contributed by atoms with Crippen molar-refractivity contribution in [2.24, 2.45) is 0 Å². The van der Waals surface area contributed by atoms with Crippen LogP contribution >= 0.6 is 11.6 Å². The van der Waals surface area contributed by atoms with Crippen LogP contribution in [0.3, 0.4) is 0 Å². The van der Waals surface area contributed by atoms with Crippen LogP contribution in [-0.2, 0) is 17.4 Å². The van der Waals surface area contributed by atoms with Crippen molar-refractivity contribution in [3.8, 4) is 22.3 Å². The Morgan fingerprint density at radius 2 is 1.29 bits per heavy atom. The number of alkyl halides is 3. The van der Waals surface area contributed by atoms with E-state index in [1.54, 1.807) is 42.5 Å². The van der Waals surface area contributed by atoms with Crippen molar-refractivity contribution in [3.63, 3.8) is 0 Å². The van der Waals surface area contributed by atoms with Gasteiger partial charge >= 0.3 is 12.1 Å². The number of benzene rings is 4. The summed E-state index contributed by atoms with van der Waals surface area (Å²) < 4.78 is 51.7. The van der Waals surface area contributed by atoms with Gasteiger partial charge in [0, 0.05) is 12.0 Å². The molecule has 1 unspecified atom stereocenters. The van der Waals surface area contributed by atoms with Gasteiger partial charge in [-0.1, -0.05) is 66.2 Å². The molecule has 0 saturated carbocycles. The maximum Gasteiger partial charge on any atom is 0.416 e. The second kappa shape index (κ2) is 11.1. The van der Waals surface area contributed by atoms with Crippen LogP contribution in [0, 0.1) is 5.82 Å². The Morgan fingerprint density at radius 3 is 1.82 bits per heavy atom. The van der Waals surface area contributed by atoms with Gasteiger partial charge in [0.05, 0.1) is 10.6 Å². The van der Waals surface area contributed by atoms with Gasteiger partial charge in [-0.3, -0.25) is 4.79 Å². The van der Waals surface area contributed by atoms with E-state index < -0.39 is 35.5 Å². The van der Waals surface area contributed by atoms with E-state index in [-0.39, 0.29) is 17.0 Å². The third kappa shape index (κ3) is 6.39. The molecule has 1 atom stereocenters. The van der Waals surface area contributed by atoms with Crippen LogP contribution in [0.1, 0.15) is 21.5 Å². The van der Waals surface area contributed by atoms with Crippen molar-refractivity contribution < 1.29 is 32.3 Å². The summed E-state index contributed by atoms with van der Waals surface area (Å²) in [5.74, 6) is -2.34. The Bertz CT molecular complexity index is 1450. The quantitative estimate of drug-likeness (QED) is 0.242. The van der Waals surface area contributed by atoms with Gasteiger partial charge in [0.15, 0.2) is 0 Å². The Balaban J connectivity index is 1.42. The highest BCUT2D eigenvalue weighted by atomic mass is 35.5. The van der Waals surface area contributed by atoms with Crippen LogP contribution in [0.4, 0.5) is 17.6 Å². The number of aliphatic carboxylic acids is 1. The molecule has 0 fully saturated rings. The van der Waals surface area contributed by atoms with Crippen molar-refractivity contribution in [3.05, 3.63) is 119 Å². The predicted octanol–water partition coefficient (Wildman–Crippen LogP) is 7.26. The number of carboxylic acid groups (broad SMARTS) is 1. The average molecular weight is 542 g/mol. The van der Waals surface area contributed by atoms with E-state index >= 15 is 0 Å². The van der Waals surface area contributed by atoms with Crippen LogP contribution in [-0.4, -0.2) is 23.0 Å². The SMILES string of the molecule is O=C(NC(Cc1ccc(-c2ccc(F)c(Cl)c2)cc1)C(=O)O)c1ccc(-c2ccc(C(F)(F)F)cc2)cc1. The van der Waals surface area contributed by atoms with Gasteiger partial charge in [0.25, 0.3) is 5.91 Å². The predicted molar refractivity (Wildman–Crippen MR) is 136 cm³/mol. The number of rotatable bonds is 7. The van der Waals surface area contributed by atoms with Gasteiger partial charge in [-0.05, 0) is 64.2 Å². The van der Waals surface area contributed by atoms with Gasteiger partial charge in [0.2, 0.25) is 0 Å². The summed E-state index contributed by atoms with van der Waals surface area (Å²) in [6.07, 6.45) is -4.41. The lowest BCUT2D eigenvalue weighted by molar-refractivity contribution is -0.139. The Hall–Kier alpha value is -4.17. The first kappa shape index (κ1) is 26.9. The molecular formula is C29H20ClF4NO3. The molecule has 0 aliphatic rings. The summed E-state index contributed by atoms with van der Waals surface area (Å²) >= 11 is 5.84. The minimum absolute atomic E-state index is 0.00683. The monoisotopic (exact) mass is 541 g/mol. The molecule has 4 rings (SSSR count). The first-order valence-corrected chi connectivity index (χ1v) is 11.7. The zero-order valence-electron chi connectivity index (χ0n) is 19.6. The molecule has 0 radical (unpaired) electrons. The number of carbonyl (C=O) groups is 2. The van der Waals surface area contributed by atoms with E-state index in [0.29, 0.717) is 22.3 Å². The number of amides is 1. The molecule has 0 aliphatic heterocycles. The molecule has 1 amide bonds. The fourth-order valence-electron chi connectivity index (χ4n) is 3.85. The van der Waals surface area contributed by atoms with Gasteiger partial charge in [0.1, 0.15) is 11.9 Å². The van der Waals surface area contributed by atoms with Crippen molar-refractivity contribution in [2.75, 3.05) is 0 Å². The summed E-state index contributed by atoms with van der Waals surface area (Å²) in [5.41, 5.74) is 2.71. The van der Waals surface area contributed by atoms with E-state index in [4.69, 9.17) is 11.6 Å². The number of hydrogen-bond donors (Lipinski definition) is 2. The van der Waals surface area contributed by atoms with E-state index in [0.717, 1.165) is 17.7 Å². The second-order valence-electron chi connectivity index (χ2n) is 8.55. The van der Waals surface area contributed by atoms with Crippen molar-refractivity contribution in [2.45, 2.75) is 18.6 Å². The lowest BCUT2D eigenvalue weighted by Crippen LogP contribution is -2.42. The van der Waals surface area contributed by atoms with Crippen LogP contribution in [0.5, 0.6) is 0 Å². The molecule has 4 aromatic rings. The van der Waals surface area contributed by atoms with Crippen LogP contribution in [0.2, 0.25) is 5.02 Å². The fraction of sp³-hybridized carbons (Fsp3) is 0.103. The van der Waals surface area contributed by atoms with Crippen molar-refractivity contribution in [1.29, 1.82) is 0 Å². The molecule has 0 aliphatic carbocycles. The maximum atomic E-state index is 13.4. The zero-order chi connectivity index (χ0) is 27.4. The molecule has 0 spiro atoms. The molecule has 0 heterocycles. The van der Waals surface area contributed by atoms with Crippen LogP contribution in [0.25, 0.3) is 22.3 Å². The van der Waals surface area contributed by atoms with Crippen molar-refractivity contribution in [1.82, 2.24) is 5.32 Å². The summed E-state index contributed by atoms with van der Waals surface area (Å²) in [6.45, 7) is 0. The normalized spacial score (nSPS) is 12.1. The highest BCUT2D eigenvalue weighted by Gasteiger charge is 2.30. The van der Waals surface area contributed by atoms with Crippen LogP contribution < -0.4 is 5.32 Å². The first-order valence-electron chi connectivity index (χ1n) is 11.4. The maximum absolute atomic E-state index is 13.4. The van der Waals surface area contributed by atoms with Gasteiger partial charge < -0.3 is 10.4 Å². The van der Waals surface area contributed by atoms with E-state index in [1.807, 2.05) is 0 Å². The molecule has 9 heteroatoms. The summed E-state index contributed by atoms with van der Waals surface area (Å²) in [7, 11) is 0. The largest absolute Gasteiger partial charge is 0.480 e. The molecule has 0 aromatic heterocycles. The lowest BCUT2D eigenvalue weighted by atomic mass is 10.00. The number of hydrogen-bond acceptors (Lipinski definition) is 2. The Kier molecular flexibility index (Phi) is 7.83. The van der Waals surface area contributed by atoms with Crippen LogP contribution in [0.15, 0.2) is 91.0 Å². The molecule has 38 heavy (non-hydrogen) atoms. The highest BCUT2D eigenvalue weighted by Crippen LogP contribution is 2.31. The van der Waals surface area contributed by atoms with E-state index in [1.165, 1.54) is 36.4 Å². The zero-order valence-corrected chi connectivity index (χ0v) is 20.4. The van der Waals surface area contributed by atoms with E-state index in [2.05, 4.69) is 5.32 Å². The van der Waals surface area contributed by atoms with Gasteiger partial charge in [-0.2, -0.15) is 13.2 Å². The molecule has 0 bridgehead atoms. The number of nitrogens with one attached hydrogen (secondary N) is 1. The average Bonchev–Trinajstić information content (AvgIpc) is 2.90. The second-order valence-corrected chi connectivity index (χ2v) is 8.95. The third-order valence-corrected chi connectivity index (χ3v) is 6.23. The third-order valence-electron chi connectivity index (χ3n) is 5.94. The molecule has 4 nitrogen and oxygen atoms in total. The lowest BCUT2D eigenvalue weighted by Gasteiger charge is -2.15. The fourth-order valence-corrected chi connectivity index (χ4v) is 4.03. The Morgan fingerprint density at radius 1 is 0.789 bits per heavy atom. The summed E-state index contributed by atoms with van der Waals surface area (Å²) in [6, 6.07) is 20.8. The van der Waals surface area contributed by atoms with E-state index in [9.17, 15) is 32.3 Å². The minimum atomic E-state index is -4.43. The minimum Gasteiger partial charge on any atom is -0.480 e. The smallest absolute Gasteiger partial charge is 0.416 e. The summed E-state index contributed by atoms with van der Waals surface area (Å²) in [5, 5.41) is 12.1. The van der Waals surface area contributed by atoms with Gasteiger partial charge in [-0.25, -0.2) is 9.18 Å². The van der Waals surface area contributed by atoms with Crippen molar-refractivity contribution >= 4 is 23.5 Å². The first-order chi connectivity index (χ1) is 18.0. The van der Waals surface area contributed by atoms with Gasteiger partial charge in [-0.15, -0.1) is 0 Å². The molecule has 2 N–H and O–H groups in total. The standard InChI is InChI=1S/C29H20ClF4NO3/c30-24-16-22(11-14-25(24)31)20-3-1-17(2-4-20)15-26(28(37)38)35-27(36)21-7-5-18(6-8-21)19-9-12-23(13-10-19)29(32,33)34/h1-14,16,26H,15H2,(H,35,36)(H,37,38). The number of halogens is 5. The topological polar surface area (TPSA) is 66.4 Å². The number of carbonyl (C=O) groups excluding carboxylic acids is 1. The number of carboxylic acids is 1. The molecule has 194 valence electrons. The summed E-state index contributed by atoms with van der Waals surface area (Å²) in [4.78, 5) is 24.5. The molecular weight excluding hydrogens is 522 g/mol. The molecule has 4 aromatic carbocycles. The molecule has 0 saturated heterocycles.